The van der Waals surface area contributed by atoms with Gasteiger partial charge < -0.3 is 10.4 Å². The van der Waals surface area contributed by atoms with E-state index in [-0.39, 0.29) is 18.0 Å². The first-order valence-corrected chi connectivity index (χ1v) is 6.64. The molecule has 8 nitrogen and oxygen atoms in total. The second kappa shape index (κ2) is 6.69. The first-order valence-electron chi connectivity index (χ1n) is 6.64. The molecule has 0 aliphatic carbocycles. The van der Waals surface area contributed by atoms with Crippen molar-refractivity contribution in [3.8, 4) is 0 Å². The summed E-state index contributed by atoms with van der Waals surface area (Å²) in [6.07, 6.45) is 3.48. The fourth-order valence-electron chi connectivity index (χ4n) is 1.89. The highest BCUT2D eigenvalue weighted by Crippen LogP contribution is 2.00. The van der Waals surface area contributed by atoms with Gasteiger partial charge in [-0.2, -0.15) is 10.2 Å². The molecular weight excluding hydrogens is 274 g/mol. The number of aromatic nitrogens is 4. The van der Waals surface area contributed by atoms with Gasteiger partial charge >= 0.3 is 5.97 Å². The number of hydrogen-bond acceptors (Lipinski definition) is 4. The number of carbonyl (C=O) groups excluding carboxylic acids is 1. The monoisotopic (exact) mass is 291 g/mol. The third-order valence-electron chi connectivity index (χ3n) is 3.00. The van der Waals surface area contributed by atoms with Gasteiger partial charge in [-0.25, -0.2) is 4.79 Å². The standard InChI is InChI=1S/C13H17N5O3/c1-2-18-10(3-6-15-18)9-14-12(19)5-8-17-7-4-11(16-17)13(20)21/h3-4,6-7H,2,5,8-9H2,1H3,(H,14,19)(H,20,21). The molecule has 0 aromatic carbocycles. The topological polar surface area (TPSA) is 102 Å². The molecule has 0 fully saturated rings. The number of carboxylic acid groups (broad SMARTS) is 1. The number of aromatic carboxylic acids is 1. The predicted octanol–water partition coefficient (Wildman–Crippen LogP) is 0.504. The zero-order chi connectivity index (χ0) is 15.2. The molecular formula is C13H17N5O3. The van der Waals surface area contributed by atoms with E-state index < -0.39 is 5.97 Å². The van der Waals surface area contributed by atoms with E-state index in [1.54, 1.807) is 12.4 Å². The molecule has 0 spiro atoms. The molecule has 2 aromatic heterocycles. The fourth-order valence-corrected chi connectivity index (χ4v) is 1.89. The normalized spacial score (nSPS) is 10.5. The van der Waals surface area contributed by atoms with Gasteiger partial charge in [0, 0.05) is 31.9 Å². The summed E-state index contributed by atoms with van der Waals surface area (Å²) in [4.78, 5) is 22.4. The maximum absolute atomic E-state index is 11.8. The molecule has 0 atom stereocenters. The van der Waals surface area contributed by atoms with Crippen molar-refractivity contribution < 1.29 is 14.7 Å². The summed E-state index contributed by atoms with van der Waals surface area (Å²) in [5, 5.41) is 19.5. The highest BCUT2D eigenvalue weighted by atomic mass is 16.4. The fraction of sp³-hybridized carbons (Fsp3) is 0.385. The van der Waals surface area contributed by atoms with E-state index in [9.17, 15) is 9.59 Å². The van der Waals surface area contributed by atoms with Crippen LogP contribution < -0.4 is 5.32 Å². The van der Waals surface area contributed by atoms with Gasteiger partial charge in [-0.05, 0) is 19.1 Å². The van der Waals surface area contributed by atoms with Crippen LogP contribution in [0.15, 0.2) is 24.5 Å². The molecule has 2 aromatic rings. The lowest BCUT2D eigenvalue weighted by molar-refractivity contribution is -0.121. The molecule has 0 unspecified atom stereocenters. The van der Waals surface area contributed by atoms with Gasteiger partial charge in [-0.15, -0.1) is 0 Å². The first kappa shape index (κ1) is 14.8. The smallest absolute Gasteiger partial charge is 0.356 e. The molecule has 21 heavy (non-hydrogen) atoms. The van der Waals surface area contributed by atoms with Crippen LogP contribution in [0, 0.1) is 0 Å². The van der Waals surface area contributed by atoms with Crippen LogP contribution in [0.2, 0.25) is 0 Å². The van der Waals surface area contributed by atoms with Crippen molar-refractivity contribution in [2.45, 2.75) is 33.0 Å². The molecule has 2 rings (SSSR count). The maximum Gasteiger partial charge on any atom is 0.356 e. The average molecular weight is 291 g/mol. The molecule has 0 aliphatic rings. The Balaban J connectivity index is 1.78. The number of nitrogens with zero attached hydrogens (tertiary/aromatic N) is 4. The van der Waals surface area contributed by atoms with E-state index in [2.05, 4.69) is 15.5 Å². The van der Waals surface area contributed by atoms with Gasteiger partial charge in [0.1, 0.15) is 0 Å². The molecule has 2 N–H and O–H groups in total. The van der Waals surface area contributed by atoms with E-state index in [4.69, 9.17) is 5.11 Å². The molecule has 2 heterocycles. The number of amides is 1. The van der Waals surface area contributed by atoms with Gasteiger partial charge in [0.05, 0.1) is 12.2 Å². The summed E-state index contributed by atoms with van der Waals surface area (Å²) in [5.74, 6) is -1.20. The number of rotatable bonds is 7. The Morgan fingerprint density at radius 3 is 2.86 bits per heavy atom. The molecule has 8 heteroatoms. The summed E-state index contributed by atoms with van der Waals surface area (Å²) < 4.78 is 3.26. The molecule has 0 radical (unpaired) electrons. The Morgan fingerprint density at radius 1 is 1.38 bits per heavy atom. The highest BCUT2D eigenvalue weighted by molar-refractivity contribution is 5.85. The Bertz CT molecular complexity index is 631. The van der Waals surface area contributed by atoms with E-state index in [1.165, 1.54) is 10.7 Å². The largest absolute Gasteiger partial charge is 0.476 e. The van der Waals surface area contributed by atoms with Crippen molar-refractivity contribution in [1.29, 1.82) is 0 Å². The third-order valence-corrected chi connectivity index (χ3v) is 3.00. The second-order valence-corrected chi connectivity index (χ2v) is 4.43. The Labute approximate surface area is 121 Å². The van der Waals surface area contributed by atoms with E-state index in [1.807, 2.05) is 17.7 Å². The minimum absolute atomic E-state index is 0.0257. The van der Waals surface area contributed by atoms with Gasteiger partial charge in [-0.1, -0.05) is 0 Å². The van der Waals surface area contributed by atoms with Gasteiger partial charge in [0.2, 0.25) is 5.91 Å². The summed E-state index contributed by atoms with van der Waals surface area (Å²) in [7, 11) is 0. The van der Waals surface area contributed by atoms with Crippen LogP contribution in [0.1, 0.15) is 29.5 Å². The van der Waals surface area contributed by atoms with Crippen LogP contribution in [0.4, 0.5) is 0 Å². The van der Waals surface area contributed by atoms with Crippen molar-refractivity contribution >= 4 is 11.9 Å². The lowest BCUT2D eigenvalue weighted by atomic mass is 10.3. The summed E-state index contributed by atoms with van der Waals surface area (Å²) >= 11 is 0. The van der Waals surface area contributed by atoms with E-state index in [0.29, 0.717) is 13.1 Å². The van der Waals surface area contributed by atoms with Crippen LogP contribution in [0.25, 0.3) is 0 Å². The van der Waals surface area contributed by atoms with E-state index >= 15 is 0 Å². The predicted molar refractivity (Wildman–Crippen MR) is 73.6 cm³/mol. The van der Waals surface area contributed by atoms with Crippen molar-refractivity contribution in [3.63, 3.8) is 0 Å². The highest BCUT2D eigenvalue weighted by Gasteiger charge is 2.08. The Hall–Kier alpha value is -2.64. The lowest BCUT2D eigenvalue weighted by Gasteiger charge is -2.07. The zero-order valence-electron chi connectivity index (χ0n) is 11.7. The number of aryl methyl sites for hydroxylation is 2. The Morgan fingerprint density at radius 2 is 2.19 bits per heavy atom. The average Bonchev–Trinajstić information content (AvgIpc) is 3.11. The minimum Gasteiger partial charge on any atom is -0.476 e. The maximum atomic E-state index is 11.8. The second-order valence-electron chi connectivity index (χ2n) is 4.43. The minimum atomic E-state index is -1.08. The van der Waals surface area contributed by atoms with Gasteiger partial charge in [0.25, 0.3) is 0 Å². The molecule has 0 bridgehead atoms. The number of nitrogens with one attached hydrogen (secondary N) is 1. The lowest BCUT2D eigenvalue weighted by Crippen LogP contribution is -2.25. The molecule has 112 valence electrons. The van der Waals surface area contributed by atoms with Gasteiger partial charge in [0.15, 0.2) is 5.69 Å². The van der Waals surface area contributed by atoms with Gasteiger partial charge in [-0.3, -0.25) is 14.2 Å². The molecule has 0 saturated heterocycles. The van der Waals surface area contributed by atoms with Crippen LogP contribution in [-0.4, -0.2) is 36.5 Å². The zero-order valence-corrected chi connectivity index (χ0v) is 11.7. The number of carbonyl (C=O) groups is 2. The van der Waals surface area contributed by atoms with Crippen LogP contribution in [0.3, 0.4) is 0 Å². The van der Waals surface area contributed by atoms with Crippen LogP contribution in [-0.2, 0) is 24.4 Å². The van der Waals surface area contributed by atoms with Crippen molar-refractivity contribution in [2.24, 2.45) is 0 Å². The summed E-state index contributed by atoms with van der Waals surface area (Å²) in [6.45, 7) is 3.50. The van der Waals surface area contributed by atoms with Crippen LogP contribution in [0.5, 0.6) is 0 Å². The quantitative estimate of drug-likeness (QED) is 0.773. The summed E-state index contributed by atoms with van der Waals surface area (Å²) in [5.41, 5.74) is 0.917. The van der Waals surface area contributed by atoms with Crippen molar-refractivity contribution in [2.75, 3.05) is 0 Å². The molecule has 0 saturated carbocycles. The Kier molecular flexibility index (Phi) is 4.70. The number of hydrogen-bond donors (Lipinski definition) is 2. The molecule has 0 aliphatic heterocycles. The SMILES string of the molecule is CCn1nccc1CNC(=O)CCn1ccc(C(=O)O)n1. The van der Waals surface area contributed by atoms with E-state index in [0.717, 1.165) is 12.2 Å². The van der Waals surface area contributed by atoms with Crippen molar-refractivity contribution in [1.82, 2.24) is 24.9 Å². The van der Waals surface area contributed by atoms with Crippen molar-refractivity contribution in [3.05, 3.63) is 35.9 Å². The number of carboxylic acids is 1. The first-order chi connectivity index (χ1) is 10.1. The third kappa shape index (κ3) is 3.91. The summed E-state index contributed by atoms with van der Waals surface area (Å²) in [6, 6.07) is 3.26. The molecule has 1 amide bonds. The van der Waals surface area contributed by atoms with Crippen LogP contribution >= 0.6 is 0 Å².